The van der Waals surface area contributed by atoms with Crippen molar-refractivity contribution in [1.29, 1.82) is 0 Å². The van der Waals surface area contributed by atoms with Crippen LogP contribution in [0.2, 0.25) is 0 Å². The van der Waals surface area contributed by atoms with E-state index in [2.05, 4.69) is 13.0 Å². The van der Waals surface area contributed by atoms with Crippen LogP contribution in [-0.4, -0.2) is 6.10 Å². The number of nitrogens with two attached hydrogens (primary N) is 1. The molecule has 0 radical (unpaired) electrons. The molecular formula is C13H21NO. The number of hydrogen-bond donors (Lipinski definition) is 1. The lowest BCUT2D eigenvalue weighted by Crippen LogP contribution is -2.29. The van der Waals surface area contributed by atoms with Crippen LogP contribution in [0.3, 0.4) is 0 Å². The summed E-state index contributed by atoms with van der Waals surface area (Å²) < 4.78 is 5.75. The second-order valence-corrected chi connectivity index (χ2v) is 4.89. The van der Waals surface area contributed by atoms with E-state index in [1.54, 1.807) is 0 Å². The van der Waals surface area contributed by atoms with Gasteiger partial charge in [-0.3, -0.25) is 0 Å². The van der Waals surface area contributed by atoms with Gasteiger partial charge >= 0.3 is 0 Å². The quantitative estimate of drug-likeness (QED) is 0.827. The molecule has 0 saturated carbocycles. The van der Waals surface area contributed by atoms with E-state index in [1.807, 2.05) is 39.8 Å². The lowest BCUT2D eigenvalue weighted by atomic mass is 9.93. The van der Waals surface area contributed by atoms with Gasteiger partial charge in [-0.25, -0.2) is 0 Å². The summed E-state index contributed by atoms with van der Waals surface area (Å²) in [5.74, 6) is 0.892. The standard InChI is InChI=1S/C13H21NO/c1-9(2)15-12-7-6-10(3)8-11(12)13(4,5)14/h6-9H,14H2,1-5H3. The first kappa shape index (κ1) is 12.1. The predicted octanol–water partition coefficient (Wildman–Crippen LogP) is 2.98. The Balaban J connectivity index is 3.15. The van der Waals surface area contributed by atoms with Crippen LogP contribution in [0, 0.1) is 6.92 Å². The van der Waals surface area contributed by atoms with Crippen LogP contribution in [0.25, 0.3) is 0 Å². The minimum Gasteiger partial charge on any atom is -0.491 e. The van der Waals surface area contributed by atoms with Gasteiger partial charge in [-0.15, -0.1) is 0 Å². The fraction of sp³-hybridized carbons (Fsp3) is 0.538. The maximum absolute atomic E-state index is 6.12. The summed E-state index contributed by atoms with van der Waals surface area (Å²) in [4.78, 5) is 0. The molecule has 1 rings (SSSR count). The highest BCUT2D eigenvalue weighted by atomic mass is 16.5. The van der Waals surface area contributed by atoms with Crippen LogP contribution in [-0.2, 0) is 5.54 Å². The fourth-order valence-corrected chi connectivity index (χ4v) is 1.50. The molecule has 0 fully saturated rings. The molecule has 0 bridgehead atoms. The molecule has 15 heavy (non-hydrogen) atoms. The summed E-state index contributed by atoms with van der Waals surface area (Å²) in [7, 11) is 0. The average Bonchev–Trinajstić information content (AvgIpc) is 2.05. The highest BCUT2D eigenvalue weighted by Gasteiger charge is 2.19. The molecule has 0 aromatic heterocycles. The highest BCUT2D eigenvalue weighted by Crippen LogP contribution is 2.29. The summed E-state index contributed by atoms with van der Waals surface area (Å²) in [5.41, 5.74) is 8.03. The molecule has 2 N–H and O–H groups in total. The largest absolute Gasteiger partial charge is 0.491 e. The molecule has 1 aromatic carbocycles. The van der Waals surface area contributed by atoms with Crippen LogP contribution in [0.4, 0.5) is 0 Å². The number of rotatable bonds is 3. The zero-order chi connectivity index (χ0) is 11.6. The molecule has 0 aliphatic carbocycles. The summed E-state index contributed by atoms with van der Waals surface area (Å²) in [6, 6.07) is 6.14. The monoisotopic (exact) mass is 207 g/mol. The van der Waals surface area contributed by atoms with Crippen molar-refractivity contribution in [2.45, 2.75) is 46.3 Å². The van der Waals surface area contributed by atoms with Crippen molar-refractivity contribution in [2.24, 2.45) is 5.73 Å². The Kier molecular flexibility index (Phi) is 3.40. The zero-order valence-corrected chi connectivity index (χ0v) is 10.3. The molecule has 0 unspecified atom stereocenters. The van der Waals surface area contributed by atoms with E-state index >= 15 is 0 Å². The molecule has 1 aromatic rings. The molecule has 0 amide bonds. The van der Waals surface area contributed by atoms with Crippen molar-refractivity contribution in [3.05, 3.63) is 29.3 Å². The van der Waals surface area contributed by atoms with Crippen LogP contribution in [0.5, 0.6) is 5.75 Å². The molecule has 0 aliphatic heterocycles. The molecule has 2 heteroatoms. The van der Waals surface area contributed by atoms with Gasteiger partial charge in [0.25, 0.3) is 0 Å². The summed E-state index contributed by atoms with van der Waals surface area (Å²) in [6.07, 6.45) is 0.175. The minimum atomic E-state index is -0.365. The number of ether oxygens (including phenoxy) is 1. The Bertz CT molecular complexity index is 337. The third-order valence-corrected chi connectivity index (χ3v) is 2.19. The number of benzene rings is 1. The molecule has 2 nitrogen and oxygen atoms in total. The van der Waals surface area contributed by atoms with Gasteiger partial charge in [0, 0.05) is 11.1 Å². The van der Waals surface area contributed by atoms with Crippen LogP contribution >= 0.6 is 0 Å². The van der Waals surface area contributed by atoms with E-state index in [0.717, 1.165) is 11.3 Å². The third-order valence-electron chi connectivity index (χ3n) is 2.19. The second kappa shape index (κ2) is 4.23. The van der Waals surface area contributed by atoms with Crippen molar-refractivity contribution < 1.29 is 4.74 Å². The Morgan fingerprint density at radius 2 is 1.87 bits per heavy atom. The van der Waals surface area contributed by atoms with Gasteiger partial charge < -0.3 is 10.5 Å². The first-order valence-electron chi connectivity index (χ1n) is 5.37. The third kappa shape index (κ3) is 3.24. The lowest BCUT2D eigenvalue weighted by Gasteiger charge is -2.24. The number of hydrogen-bond acceptors (Lipinski definition) is 2. The molecular weight excluding hydrogens is 186 g/mol. The normalized spacial score (nSPS) is 11.9. The molecule has 0 aliphatic rings. The molecule has 0 heterocycles. The average molecular weight is 207 g/mol. The summed E-state index contributed by atoms with van der Waals surface area (Å²) in [5, 5.41) is 0. The highest BCUT2D eigenvalue weighted by molar-refractivity contribution is 5.41. The van der Waals surface area contributed by atoms with Gasteiger partial charge in [0.1, 0.15) is 5.75 Å². The van der Waals surface area contributed by atoms with Crippen LogP contribution in [0.15, 0.2) is 18.2 Å². The summed E-state index contributed by atoms with van der Waals surface area (Å²) >= 11 is 0. The summed E-state index contributed by atoms with van der Waals surface area (Å²) in [6.45, 7) is 10.1. The van der Waals surface area contributed by atoms with E-state index < -0.39 is 0 Å². The second-order valence-electron chi connectivity index (χ2n) is 4.89. The van der Waals surface area contributed by atoms with Gasteiger partial charge in [0.2, 0.25) is 0 Å². The van der Waals surface area contributed by atoms with E-state index in [0.29, 0.717) is 0 Å². The molecule has 0 atom stereocenters. The Morgan fingerprint density at radius 1 is 1.27 bits per heavy atom. The topological polar surface area (TPSA) is 35.2 Å². The van der Waals surface area contributed by atoms with E-state index in [-0.39, 0.29) is 11.6 Å². The molecule has 0 spiro atoms. The van der Waals surface area contributed by atoms with Crippen molar-refractivity contribution in [2.75, 3.05) is 0 Å². The molecule has 84 valence electrons. The van der Waals surface area contributed by atoms with Crippen LogP contribution < -0.4 is 10.5 Å². The van der Waals surface area contributed by atoms with Gasteiger partial charge in [-0.2, -0.15) is 0 Å². The smallest absolute Gasteiger partial charge is 0.124 e. The zero-order valence-electron chi connectivity index (χ0n) is 10.3. The van der Waals surface area contributed by atoms with Crippen molar-refractivity contribution in [1.82, 2.24) is 0 Å². The van der Waals surface area contributed by atoms with Crippen molar-refractivity contribution in [3.8, 4) is 5.75 Å². The van der Waals surface area contributed by atoms with Crippen LogP contribution in [0.1, 0.15) is 38.8 Å². The van der Waals surface area contributed by atoms with E-state index in [4.69, 9.17) is 10.5 Å². The maximum atomic E-state index is 6.12. The Labute approximate surface area is 92.4 Å². The molecule has 0 saturated heterocycles. The number of aryl methyl sites for hydroxylation is 1. The lowest BCUT2D eigenvalue weighted by molar-refractivity contribution is 0.236. The SMILES string of the molecule is Cc1ccc(OC(C)C)c(C(C)(C)N)c1. The van der Waals surface area contributed by atoms with Crippen molar-refractivity contribution >= 4 is 0 Å². The van der Waals surface area contributed by atoms with Gasteiger partial charge in [-0.05, 0) is 40.7 Å². The predicted molar refractivity (Wildman–Crippen MR) is 64.2 cm³/mol. The maximum Gasteiger partial charge on any atom is 0.124 e. The van der Waals surface area contributed by atoms with Gasteiger partial charge in [0.15, 0.2) is 0 Å². The Hall–Kier alpha value is -1.02. The van der Waals surface area contributed by atoms with Gasteiger partial charge in [0.05, 0.1) is 6.10 Å². The van der Waals surface area contributed by atoms with E-state index in [9.17, 15) is 0 Å². The first-order valence-corrected chi connectivity index (χ1v) is 5.37. The van der Waals surface area contributed by atoms with E-state index in [1.165, 1.54) is 5.56 Å². The first-order chi connectivity index (χ1) is 6.80. The van der Waals surface area contributed by atoms with Crippen molar-refractivity contribution in [3.63, 3.8) is 0 Å². The Morgan fingerprint density at radius 3 is 2.33 bits per heavy atom. The van der Waals surface area contributed by atoms with Gasteiger partial charge in [-0.1, -0.05) is 17.7 Å². The fourth-order valence-electron chi connectivity index (χ4n) is 1.50. The minimum absolute atomic E-state index is 0.175.